The molecule has 0 aliphatic heterocycles. The maximum atomic E-state index is 12.2. The molecule has 0 saturated heterocycles. The molecule has 0 fully saturated rings. The molecule has 28 heavy (non-hydrogen) atoms. The van der Waals surface area contributed by atoms with Crippen molar-refractivity contribution in [2.45, 2.75) is 4.90 Å². The fourth-order valence-electron chi connectivity index (χ4n) is 2.36. The first kappa shape index (κ1) is 19.7. The lowest BCUT2D eigenvalue weighted by molar-refractivity contribution is -0.384. The fourth-order valence-corrected chi connectivity index (χ4v) is 4.48. The van der Waals surface area contributed by atoms with Crippen molar-refractivity contribution in [2.75, 3.05) is 17.0 Å². The lowest BCUT2D eigenvalue weighted by Crippen LogP contribution is -2.31. The van der Waals surface area contributed by atoms with E-state index in [0.29, 0.717) is 11.2 Å². The average molecular weight is 425 g/mol. The smallest absolute Gasteiger partial charge is 0.269 e. The topological polar surface area (TPSA) is 153 Å². The molecule has 11 nitrogen and oxygen atoms in total. The third-order valence-electron chi connectivity index (χ3n) is 3.69. The molecule has 0 saturated carbocycles. The number of rotatable bonds is 8. The zero-order valence-corrected chi connectivity index (χ0v) is 15.9. The molecular formula is C15H15N5O6S2. The molecule has 2 heterocycles. The maximum Gasteiger partial charge on any atom is 0.269 e. The number of sulfonamides is 2. The van der Waals surface area contributed by atoms with E-state index in [1.54, 1.807) is 29.0 Å². The Bertz CT molecular complexity index is 1220. The quantitative estimate of drug-likeness (QED) is 0.403. The molecule has 13 heteroatoms. The molecule has 3 rings (SSSR count). The van der Waals surface area contributed by atoms with E-state index in [1.165, 1.54) is 6.07 Å². The minimum Gasteiger partial charge on any atom is -0.283 e. The highest BCUT2D eigenvalue weighted by Crippen LogP contribution is 2.16. The van der Waals surface area contributed by atoms with E-state index in [-0.39, 0.29) is 17.1 Å². The second-order valence-electron chi connectivity index (χ2n) is 5.69. The Morgan fingerprint density at radius 1 is 1.07 bits per heavy atom. The van der Waals surface area contributed by atoms with Crippen LogP contribution < -0.4 is 9.44 Å². The summed E-state index contributed by atoms with van der Waals surface area (Å²) in [6.07, 6.45) is 3.16. The molecule has 0 atom stereocenters. The first-order valence-corrected chi connectivity index (χ1v) is 11.0. The van der Waals surface area contributed by atoms with Crippen LogP contribution in [0.1, 0.15) is 0 Å². The third kappa shape index (κ3) is 4.62. The van der Waals surface area contributed by atoms with Crippen molar-refractivity contribution >= 4 is 36.9 Å². The van der Waals surface area contributed by atoms with Crippen LogP contribution in [0.2, 0.25) is 0 Å². The van der Waals surface area contributed by atoms with Crippen molar-refractivity contribution in [2.24, 2.45) is 0 Å². The number of anilines is 1. The van der Waals surface area contributed by atoms with Gasteiger partial charge < -0.3 is 0 Å². The summed E-state index contributed by atoms with van der Waals surface area (Å²) >= 11 is 0. The van der Waals surface area contributed by atoms with Gasteiger partial charge in [0.15, 0.2) is 0 Å². The van der Waals surface area contributed by atoms with Crippen LogP contribution in [0.5, 0.6) is 0 Å². The highest BCUT2D eigenvalue weighted by molar-refractivity contribution is 7.92. The molecular weight excluding hydrogens is 410 g/mol. The van der Waals surface area contributed by atoms with Crippen molar-refractivity contribution < 1.29 is 21.8 Å². The second-order valence-corrected chi connectivity index (χ2v) is 9.29. The summed E-state index contributed by atoms with van der Waals surface area (Å²) in [4.78, 5) is 9.76. The normalized spacial score (nSPS) is 12.1. The molecule has 0 aliphatic carbocycles. The van der Waals surface area contributed by atoms with Crippen molar-refractivity contribution in [1.82, 2.24) is 14.3 Å². The molecule has 2 aromatic heterocycles. The van der Waals surface area contributed by atoms with Gasteiger partial charge in [0.05, 0.1) is 26.8 Å². The van der Waals surface area contributed by atoms with Gasteiger partial charge >= 0.3 is 0 Å². The minimum atomic E-state index is -4.00. The number of nitrogens with zero attached hydrogens (tertiary/aromatic N) is 3. The van der Waals surface area contributed by atoms with Crippen LogP contribution in [0.15, 0.2) is 59.8 Å². The van der Waals surface area contributed by atoms with Crippen LogP contribution in [0.25, 0.3) is 5.52 Å². The first-order valence-electron chi connectivity index (χ1n) is 7.84. The molecule has 3 aromatic rings. The molecule has 0 unspecified atom stereocenters. The summed E-state index contributed by atoms with van der Waals surface area (Å²) in [6.45, 7) is -0.371. The van der Waals surface area contributed by atoms with E-state index in [1.807, 2.05) is 0 Å². The van der Waals surface area contributed by atoms with Crippen molar-refractivity contribution in [1.29, 1.82) is 0 Å². The molecule has 0 bridgehead atoms. The van der Waals surface area contributed by atoms with E-state index >= 15 is 0 Å². The lowest BCUT2D eigenvalue weighted by Gasteiger charge is -2.10. The molecule has 0 radical (unpaired) electrons. The highest BCUT2D eigenvalue weighted by atomic mass is 32.2. The number of nitro benzene ring substituents is 1. The second kappa shape index (κ2) is 7.53. The zero-order chi connectivity index (χ0) is 20.4. The van der Waals surface area contributed by atoms with Gasteiger partial charge in [-0.15, -0.1) is 0 Å². The Kier molecular flexibility index (Phi) is 5.31. The van der Waals surface area contributed by atoms with Crippen LogP contribution in [-0.4, -0.2) is 43.7 Å². The first-order chi connectivity index (χ1) is 13.2. The Labute approximate surface area is 160 Å². The van der Waals surface area contributed by atoms with Gasteiger partial charge in [-0.05, 0) is 30.3 Å². The number of nitrogens with one attached hydrogen (secondary N) is 2. The van der Waals surface area contributed by atoms with E-state index in [9.17, 15) is 26.9 Å². The standard InChI is InChI=1S/C15H15N5O6S2/c21-20(22)13-1-3-15(4-2-13)28(25,26)17-8-10-27(23,24)18-12-6-9-19-14(11-12)5-7-16-19/h1-7,9,11,17-18H,8,10H2. The number of hydrogen-bond acceptors (Lipinski definition) is 7. The van der Waals surface area contributed by atoms with E-state index in [0.717, 1.165) is 24.3 Å². The van der Waals surface area contributed by atoms with Crippen LogP contribution in [0, 0.1) is 10.1 Å². The Morgan fingerprint density at radius 2 is 1.79 bits per heavy atom. The van der Waals surface area contributed by atoms with Gasteiger partial charge in [-0.25, -0.2) is 26.1 Å². The SMILES string of the molecule is O=[N+]([O-])c1ccc(S(=O)(=O)NCCS(=O)(=O)Nc2ccn3nccc3c2)cc1. The van der Waals surface area contributed by atoms with Crippen molar-refractivity contribution in [3.63, 3.8) is 0 Å². The summed E-state index contributed by atoms with van der Waals surface area (Å²) < 4.78 is 54.8. The van der Waals surface area contributed by atoms with E-state index in [2.05, 4.69) is 14.5 Å². The van der Waals surface area contributed by atoms with Gasteiger partial charge in [0, 0.05) is 31.1 Å². The van der Waals surface area contributed by atoms with Crippen LogP contribution >= 0.6 is 0 Å². The number of pyridine rings is 1. The lowest BCUT2D eigenvalue weighted by atomic mass is 10.3. The minimum absolute atomic E-state index is 0.199. The van der Waals surface area contributed by atoms with Gasteiger partial charge in [-0.3, -0.25) is 14.8 Å². The van der Waals surface area contributed by atoms with Gasteiger partial charge in [0.25, 0.3) is 5.69 Å². The number of hydrogen-bond donors (Lipinski definition) is 2. The van der Waals surface area contributed by atoms with Gasteiger partial charge in [0.2, 0.25) is 20.0 Å². The van der Waals surface area contributed by atoms with E-state index in [4.69, 9.17) is 0 Å². The van der Waals surface area contributed by atoms with Crippen LogP contribution in [0.3, 0.4) is 0 Å². The maximum absolute atomic E-state index is 12.2. The summed E-state index contributed by atoms with van der Waals surface area (Å²) in [5, 5.41) is 14.6. The summed E-state index contributed by atoms with van der Waals surface area (Å²) in [6, 6.07) is 9.08. The Hall–Kier alpha value is -3.03. The molecule has 1 aromatic carbocycles. The monoisotopic (exact) mass is 425 g/mol. The number of aromatic nitrogens is 2. The summed E-state index contributed by atoms with van der Waals surface area (Å²) in [5.74, 6) is -0.496. The van der Waals surface area contributed by atoms with Crippen LogP contribution in [-0.2, 0) is 20.0 Å². The summed E-state index contributed by atoms with van der Waals surface area (Å²) in [5.41, 5.74) is 0.770. The number of benzene rings is 1. The highest BCUT2D eigenvalue weighted by Gasteiger charge is 2.18. The van der Waals surface area contributed by atoms with Crippen molar-refractivity contribution in [3.05, 3.63) is 65.0 Å². The molecule has 148 valence electrons. The van der Waals surface area contributed by atoms with Gasteiger partial charge in [-0.2, -0.15) is 5.10 Å². The Balaban J connectivity index is 1.61. The number of non-ortho nitro benzene ring substituents is 1. The molecule has 0 amide bonds. The number of fused-ring (bicyclic) bond motifs is 1. The Morgan fingerprint density at radius 3 is 2.46 bits per heavy atom. The van der Waals surface area contributed by atoms with E-state index < -0.39 is 30.7 Å². The largest absolute Gasteiger partial charge is 0.283 e. The molecule has 2 N–H and O–H groups in total. The molecule has 0 aliphatic rings. The van der Waals surface area contributed by atoms with Gasteiger partial charge in [-0.1, -0.05) is 0 Å². The zero-order valence-electron chi connectivity index (χ0n) is 14.2. The predicted molar refractivity (Wildman–Crippen MR) is 101 cm³/mol. The number of nitro groups is 1. The third-order valence-corrected chi connectivity index (χ3v) is 6.46. The van der Waals surface area contributed by atoms with Crippen molar-refractivity contribution in [3.8, 4) is 0 Å². The molecule has 0 spiro atoms. The van der Waals surface area contributed by atoms with Crippen LogP contribution in [0.4, 0.5) is 11.4 Å². The van der Waals surface area contributed by atoms with Gasteiger partial charge in [0.1, 0.15) is 0 Å². The fraction of sp³-hybridized carbons (Fsp3) is 0.133. The average Bonchev–Trinajstić information content (AvgIpc) is 3.08. The predicted octanol–water partition coefficient (Wildman–Crippen LogP) is 0.963. The summed E-state index contributed by atoms with van der Waals surface area (Å²) in [7, 11) is -7.80.